The van der Waals surface area contributed by atoms with E-state index >= 15 is 0 Å². The van der Waals surface area contributed by atoms with Crippen LogP contribution in [0.5, 0.6) is 0 Å². The second kappa shape index (κ2) is 5.69. The predicted octanol–water partition coefficient (Wildman–Crippen LogP) is 1.11. The number of carbonyl (C=O) groups excluding carboxylic acids is 1. The van der Waals surface area contributed by atoms with E-state index in [-0.39, 0.29) is 24.5 Å². The lowest BCUT2D eigenvalue weighted by Gasteiger charge is -2.24. The predicted molar refractivity (Wildman–Crippen MR) is 63.7 cm³/mol. The van der Waals surface area contributed by atoms with Crippen molar-refractivity contribution in [3.63, 3.8) is 0 Å². The zero-order valence-electron chi connectivity index (χ0n) is 11.1. The fraction of sp³-hybridized carbons (Fsp3) is 0.917. The number of hydrogen-bond donors (Lipinski definition) is 1. The van der Waals surface area contributed by atoms with Crippen LogP contribution in [0.4, 0.5) is 4.79 Å². The van der Waals surface area contributed by atoms with Gasteiger partial charge in [0.15, 0.2) is 0 Å². The number of methoxy groups -OCH3 is 1. The summed E-state index contributed by atoms with van der Waals surface area (Å²) in [4.78, 5) is 13.5. The zero-order valence-corrected chi connectivity index (χ0v) is 11.1. The second-order valence-electron chi connectivity index (χ2n) is 5.54. The second-order valence-corrected chi connectivity index (χ2v) is 5.54. The van der Waals surface area contributed by atoms with Crippen LogP contribution in [0.3, 0.4) is 0 Å². The van der Waals surface area contributed by atoms with Crippen LogP contribution in [-0.4, -0.2) is 55.1 Å². The first-order valence-corrected chi connectivity index (χ1v) is 5.95. The lowest BCUT2D eigenvalue weighted by Crippen LogP contribution is -2.35. The average Bonchev–Trinajstić information content (AvgIpc) is 2.59. The van der Waals surface area contributed by atoms with Gasteiger partial charge in [0.05, 0.1) is 6.61 Å². The molecule has 17 heavy (non-hydrogen) atoms. The minimum Gasteiger partial charge on any atom is -0.444 e. The molecule has 1 aliphatic heterocycles. The Labute approximate surface area is 103 Å². The number of nitrogens with zero attached hydrogens (tertiary/aromatic N) is 1. The number of aliphatic hydroxyl groups excluding tert-OH is 1. The Morgan fingerprint density at radius 1 is 1.35 bits per heavy atom. The summed E-state index contributed by atoms with van der Waals surface area (Å²) in [7, 11) is 1.63. The van der Waals surface area contributed by atoms with Crippen LogP contribution in [0.15, 0.2) is 0 Å². The van der Waals surface area contributed by atoms with Gasteiger partial charge < -0.3 is 19.5 Å². The number of likely N-dealkylation sites (tertiary alicyclic amines) is 1. The van der Waals surface area contributed by atoms with Crippen molar-refractivity contribution in [1.29, 1.82) is 0 Å². The van der Waals surface area contributed by atoms with E-state index in [4.69, 9.17) is 9.47 Å². The first kappa shape index (κ1) is 14.3. The van der Waals surface area contributed by atoms with Gasteiger partial charge in [-0.2, -0.15) is 0 Å². The van der Waals surface area contributed by atoms with Gasteiger partial charge in [0, 0.05) is 38.6 Å². The van der Waals surface area contributed by atoms with Gasteiger partial charge in [0.2, 0.25) is 0 Å². The standard InChI is InChI=1S/C12H23NO4/c1-12(2,3)17-11(15)13-5-9(7-14)10(6-13)8-16-4/h9-10,14H,5-8H2,1-4H3. The largest absolute Gasteiger partial charge is 0.444 e. The highest BCUT2D eigenvalue weighted by molar-refractivity contribution is 5.68. The Morgan fingerprint density at radius 2 is 1.94 bits per heavy atom. The smallest absolute Gasteiger partial charge is 0.410 e. The Bertz CT molecular complexity index is 262. The molecular formula is C12H23NO4. The van der Waals surface area contributed by atoms with Crippen molar-refractivity contribution in [2.45, 2.75) is 26.4 Å². The van der Waals surface area contributed by atoms with E-state index in [0.29, 0.717) is 19.7 Å². The van der Waals surface area contributed by atoms with Gasteiger partial charge in [-0.15, -0.1) is 0 Å². The van der Waals surface area contributed by atoms with E-state index in [1.165, 1.54) is 0 Å². The highest BCUT2D eigenvalue weighted by Crippen LogP contribution is 2.25. The number of amides is 1. The summed E-state index contributed by atoms with van der Waals surface area (Å²) in [6, 6.07) is 0. The normalized spacial score (nSPS) is 25.1. The molecule has 5 nitrogen and oxygen atoms in total. The molecule has 0 aromatic heterocycles. The molecule has 1 rings (SSSR count). The zero-order chi connectivity index (χ0) is 13.1. The highest BCUT2D eigenvalue weighted by atomic mass is 16.6. The molecule has 0 aromatic carbocycles. The molecule has 0 radical (unpaired) electrons. The van der Waals surface area contributed by atoms with Crippen LogP contribution in [0.25, 0.3) is 0 Å². The van der Waals surface area contributed by atoms with Crippen LogP contribution in [0.2, 0.25) is 0 Å². The number of hydrogen-bond acceptors (Lipinski definition) is 4. The number of aliphatic hydroxyl groups is 1. The van der Waals surface area contributed by atoms with Crippen molar-refractivity contribution in [1.82, 2.24) is 4.90 Å². The summed E-state index contributed by atoms with van der Waals surface area (Å²) in [5.41, 5.74) is -0.481. The van der Waals surface area contributed by atoms with Gasteiger partial charge >= 0.3 is 6.09 Å². The molecule has 5 heteroatoms. The first-order valence-electron chi connectivity index (χ1n) is 5.95. The van der Waals surface area contributed by atoms with Gasteiger partial charge in [-0.25, -0.2) is 4.79 Å². The molecule has 100 valence electrons. The highest BCUT2D eigenvalue weighted by Gasteiger charge is 2.36. The van der Waals surface area contributed by atoms with Crippen molar-refractivity contribution >= 4 is 6.09 Å². The van der Waals surface area contributed by atoms with Gasteiger partial charge in [-0.05, 0) is 20.8 Å². The molecule has 0 spiro atoms. The van der Waals surface area contributed by atoms with E-state index in [0.717, 1.165) is 0 Å². The van der Waals surface area contributed by atoms with Crippen molar-refractivity contribution in [3.05, 3.63) is 0 Å². The molecule has 2 atom stereocenters. The Hall–Kier alpha value is -0.810. The number of carbonyl (C=O) groups is 1. The van der Waals surface area contributed by atoms with Crippen molar-refractivity contribution in [2.24, 2.45) is 11.8 Å². The van der Waals surface area contributed by atoms with E-state index < -0.39 is 5.60 Å². The summed E-state index contributed by atoms with van der Waals surface area (Å²) in [5.74, 6) is 0.278. The lowest BCUT2D eigenvalue weighted by atomic mass is 9.98. The summed E-state index contributed by atoms with van der Waals surface area (Å²) in [5, 5.41) is 9.26. The molecule has 1 fully saturated rings. The maximum atomic E-state index is 11.9. The van der Waals surface area contributed by atoms with Crippen molar-refractivity contribution in [3.8, 4) is 0 Å². The lowest BCUT2D eigenvalue weighted by molar-refractivity contribution is 0.0277. The number of ether oxygens (including phenoxy) is 2. The monoisotopic (exact) mass is 245 g/mol. The Kier molecular flexibility index (Phi) is 4.77. The topological polar surface area (TPSA) is 59.0 Å². The number of rotatable bonds is 3. The molecule has 1 aliphatic rings. The molecule has 0 aromatic rings. The van der Waals surface area contributed by atoms with Crippen LogP contribution < -0.4 is 0 Å². The minimum atomic E-state index is -0.481. The van der Waals surface area contributed by atoms with Crippen LogP contribution in [0.1, 0.15) is 20.8 Å². The summed E-state index contributed by atoms with van der Waals surface area (Å²) < 4.78 is 10.4. The fourth-order valence-corrected chi connectivity index (χ4v) is 2.02. The summed E-state index contributed by atoms with van der Waals surface area (Å²) in [6.45, 7) is 7.30. The van der Waals surface area contributed by atoms with Gasteiger partial charge in [-0.1, -0.05) is 0 Å². The molecule has 1 amide bonds. The van der Waals surface area contributed by atoms with E-state index in [9.17, 15) is 9.90 Å². The molecule has 0 aliphatic carbocycles. The van der Waals surface area contributed by atoms with Gasteiger partial charge in [0.25, 0.3) is 0 Å². The third-order valence-electron chi connectivity index (χ3n) is 2.84. The fourth-order valence-electron chi connectivity index (χ4n) is 2.02. The SMILES string of the molecule is COCC1CN(C(=O)OC(C)(C)C)CC1CO. The first-order chi connectivity index (χ1) is 7.87. The van der Waals surface area contributed by atoms with Crippen LogP contribution >= 0.6 is 0 Å². The van der Waals surface area contributed by atoms with Gasteiger partial charge in [-0.3, -0.25) is 0 Å². The van der Waals surface area contributed by atoms with Crippen LogP contribution in [0, 0.1) is 11.8 Å². The maximum absolute atomic E-state index is 11.9. The third-order valence-corrected chi connectivity index (χ3v) is 2.84. The Balaban J connectivity index is 2.54. The summed E-state index contributed by atoms with van der Waals surface area (Å²) in [6.07, 6.45) is -0.311. The molecule has 1 N–H and O–H groups in total. The Morgan fingerprint density at radius 3 is 2.41 bits per heavy atom. The third kappa shape index (κ3) is 4.16. The molecule has 1 saturated heterocycles. The minimum absolute atomic E-state index is 0.0767. The van der Waals surface area contributed by atoms with Crippen molar-refractivity contribution < 1.29 is 19.4 Å². The molecule has 0 bridgehead atoms. The average molecular weight is 245 g/mol. The van der Waals surface area contributed by atoms with E-state index in [1.54, 1.807) is 12.0 Å². The van der Waals surface area contributed by atoms with Crippen molar-refractivity contribution in [2.75, 3.05) is 33.4 Å². The molecule has 2 unspecified atom stereocenters. The van der Waals surface area contributed by atoms with E-state index in [1.807, 2.05) is 20.8 Å². The molecular weight excluding hydrogens is 222 g/mol. The van der Waals surface area contributed by atoms with E-state index in [2.05, 4.69) is 0 Å². The quantitative estimate of drug-likeness (QED) is 0.809. The van der Waals surface area contributed by atoms with Crippen LogP contribution in [-0.2, 0) is 9.47 Å². The molecule has 1 heterocycles. The molecule has 0 saturated carbocycles. The van der Waals surface area contributed by atoms with Gasteiger partial charge in [0.1, 0.15) is 5.60 Å². The maximum Gasteiger partial charge on any atom is 0.410 e. The summed E-state index contributed by atoms with van der Waals surface area (Å²) >= 11 is 0.